The van der Waals surface area contributed by atoms with Crippen molar-refractivity contribution in [3.63, 3.8) is 0 Å². The SMILES string of the molecule is COC(=O)C12COC(c3nc4c(C)cc(N5CCC(C)(c6ccccc6)C5)cn4n3)(C1)C2c1n[nH]c(C)n1. The molecule has 3 aromatic heterocycles. The summed E-state index contributed by atoms with van der Waals surface area (Å²) in [6.45, 7) is 8.37. The molecule has 4 aliphatic rings. The molecule has 0 amide bonds. The molecule has 0 radical (unpaired) electrons. The van der Waals surface area contributed by atoms with E-state index < -0.39 is 16.9 Å². The molecule has 4 unspecified atom stereocenters. The van der Waals surface area contributed by atoms with Gasteiger partial charge in [-0.3, -0.25) is 9.89 Å². The lowest BCUT2D eigenvalue weighted by Crippen LogP contribution is -2.56. The van der Waals surface area contributed by atoms with Crippen molar-refractivity contribution in [3.8, 4) is 0 Å². The predicted molar refractivity (Wildman–Crippen MR) is 139 cm³/mol. The van der Waals surface area contributed by atoms with Crippen molar-refractivity contribution in [3.05, 3.63) is 71.2 Å². The largest absolute Gasteiger partial charge is 0.469 e. The minimum absolute atomic E-state index is 0.0966. The van der Waals surface area contributed by atoms with E-state index in [0.717, 1.165) is 36.4 Å². The van der Waals surface area contributed by atoms with Gasteiger partial charge in [0.15, 0.2) is 17.3 Å². The number of aromatic nitrogens is 6. The highest BCUT2D eigenvalue weighted by Gasteiger charge is 2.78. The Morgan fingerprint density at radius 3 is 2.76 bits per heavy atom. The first kappa shape index (κ1) is 23.3. The topological polar surface area (TPSA) is 111 Å². The van der Waals surface area contributed by atoms with E-state index in [1.54, 1.807) is 0 Å². The number of carbonyl (C=O) groups is 1. The molecule has 38 heavy (non-hydrogen) atoms. The van der Waals surface area contributed by atoms with Gasteiger partial charge in [-0.25, -0.2) is 14.5 Å². The van der Waals surface area contributed by atoms with Crippen LogP contribution in [0.25, 0.3) is 5.65 Å². The minimum Gasteiger partial charge on any atom is -0.469 e. The number of methoxy groups -OCH3 is 1. The molecule has 0 spiro atoms. The molecule has 4 fully saturated rings. The van der Waals surface area contributed by atoms with Crippen LogP contribution in [-0.2, 0) is 25.3 Å². The van der Waals surface area contributed by atoms with E-state index in [0.29, 0.717) is 23.9 Å². The summed E-state index contributed by atoms with van der Waals surface area (Å²) in [4.78, 5) is 24.8. The average molecular weight is 514 g/mol. The van der Waals surface area contributed by atoms with Gasteiger partial charge in [-0.05, 0) is 37.5 Å². The number of rotatable bonds is 5. The third kappa shape index (κ3) is 3.06. The Bertz CT molecular complexity index is 1570. The highest BCUT2D eigenvalue weighted by Crippen LogP contribution is 2.70. The summed E-state index contributed by atoms with van der Waals surface area (Å²) < 4.78 is 13.4. The number of anilines is 1. The Balaban J connectivity index is 1.25. The quantitative estimate of drug-likeness (QED) is 0.405. The molecule has 1 N–H and O–H groups in total. The zero-order chi connectivity index (χ0) is 26.3. The first-order valence-corrected chi connectivity index (χ1v) is 13.1. The third-order valence-electron chi connectivity index (χ3n) is 8.94. The van der Waals surface area contributed by atoms with Crippen molar-refractivity contribution >= 4 is 17.3 Å². The highest BCUT2D eigenvalue weighted by atomic mass is 16.5. The number of nitrogens with one attached hydrogen (secondary N) is 1. The molecule has 3 saturated heterocycles. The van der Waals surface area contributed by atoms with Gasteiger partial charge in [-0.2, -0.15) is 5.10 Å². The number of pyridine rings is 1. The van der Waals surface area contributed by atoms with Gasteiger partial charge in [-0.15, -0.1) is 5.10 Å². The molecule has 4 aromatic rings. The average Bonchev–Trinajstić information content (AvgIpc) is 3.72. The maximum atomic E-state index is 12.9. The van der Waals surface area contributed by atoms with E-state index in [4.69, 9.17) is 19.6 Å². The van der Waals surface area contributed by atoms with Crippen LogP contribution >= 0.6 is 0 Å². The first-order valence-electron chi connectivity index (χ1n) is 13.1. The standard InChI is InChI=1S/C28H31N7O3/c1-17-12-20(34-11-10-26(3,15-34)19-8-6-5-7-9-19)13-35-23(17)30-24(33-35)28-14-27(16-38-28,25(36)37-4)21(28)22-29-18(2)31-32-22/h5-9,12-13,21H,10-11,14-16H2,1-4H3,(H,29,31,32). The Morgan fingerprint density at radius 2 is 2.03 bits per heavy atom. The molecule has 1 saturated carbocycles. The van der Waals surface area contributed by atoms with Gasteiger partial charge in [0.25, 0.3) is 0 Å². The molecule has 10 heteroatoms. The van der Waals surface area contributed by atoms with Crippen LogP contribution in [0.4, 0.5) is 5.69 Å². The number of H-pyrrole nitrogens is 1. The van der Waals surface area contributed by atoms with Crippen LogP contribution in [0.15, 0.2) is 42.6 Å². The summed E-state index contributed by atoms with van der Waals surface area (Å²) in [6.07, 6.45) is 3.58. The molecule has 3 aliphatic heterocycles. The second-order valence-electron chi connectivity index (χ2n) is 11.4. The van der Waals surface area contributed by atoms with Crippen LogP contribution in [-0.4, -0.2) is 62.6 Å². The predicted octanol–water partition coefficient (Wildman–Crippen LogP) is 3.20. The Labute approximate surface area is 220 Å². The van der Waals surface area contributed by atoms with Crippen LogP contribution in [0.5, 0.6) is 0 Å². The molecular formula is C28H31N7O3. The minimum atomic E-state index is -0.874. The first-order chi connectivity index (χ1) is 18.3. The normalized spacial score (nSPS) is 30.1. The summed E-state index contributed by atoms with van der Waals surface area (Å²) in [5.41, 5.74) is 2.69. The molecule has 4 atom stereocenters. The highest BCUT2D eigenvalue weighted by molar-refractivity contribution is 5.82. The lowest BCUT2D eigenvalue weighted by Gasteiger charge is -2.47. The van der Waals surface area contributed by atoms with Crippen LogP contribution in [0.3, 0.4) is 0 Å². The number of aryl methyl sites for hydroxylation is 2. The van der Waals surface area contributed by atoms with Gasteiger partial charge >= 0.3 is 5.97 Å². The Morgan fingerprint density at radius 1 is 1.21 bits per heavy atom. The van der Waals surface area contributed by atoms with Gasteiger partial charge in [0.1, 0.15) is 16.8 Å². The van der Waals surface area contributed by atoms with E-state index >= 15 is 0 Å². The van der Waals surface area contributed by atoms with E-state index in [2.05, 4.69) is 76.5 Å². The lowest BCUT2D eigenvalue weighted by atomic mass is 9.53. The van der Waals surface area contributed by atoms with Crippen LogP contribution in [0, 0.1) is 19.3 Å². The van der Waals surface area contributed by atoms with Gasteiger partial charge in [0, 0.05) is 24.9 Å². The third-order valence-corrected chi connectivity index (χ3v) is 8.94. The molecule has 2 bridgehead atoms. The maximum Gasteiger partial charge on any atom is 0.315 e. The fourth-order valence-corrected chi connectivity index (χ4v) is 6.92. The van der Waals surface area contributed by atoms with Gasteiger partial charge < -0.3 is 14.4 Å². The molecule has 196 valence electrons. The number of hydrogen-bond acceptors (Lipinski definition) is 8. The van der Waals surface area contributed by atoms with E-state index in [-0.39, 0.29) is 18.0 Å². The monoisotopic (exact) mass is 513 g/mol. The fraction of sp³-hybridized carbons (Fsp3) is 0.464. The molecule has 6 heterocycles. The second-order valence-corrected chi connectivity index (χ2v) is 11.4. The van der Waals surface area contributed by atoms with Crippen LogP contribution in [0.1, 0.15) is 54.3 Å². The van der Waals surface area contributed by atoms with Crippen molar-refractivity contribution in [2.24, 2.45) is 5.41 Å². The number of benzene rings is 1. The van der Waals surface area contributed by atoms with E-state index in [9.17, 15) is 4.79 Å². The van der Waals surface area contributed by atoms with Crippen LogP contribution < -0.4 is 4.90 Å². The molecule has 1 aromatic carbocycles. The van der Waals surface area contributed by atoms with Gasteiger partial charge in [0.05, 0.1) is 31.5 Å². The van der Waals surface area contributed by atoms with Crippen LogP contribution in [0.2, 0.25) is 0 Å². The summed E-state index contributed by atoms with van der Waals surface area (Å²) in [6, 6.07) is 12.9. The number of carbonyl (C=O) groups excluding carboxylic acids is 1. The Hall–Kier alpha value is -3.79. The lowest BCUT2D eigenvalue weighted by molar-refractivity contribution is -0.162. The summed E-state index contributed by atoms with van der Waals surface area (Å²) in [5, 5.41) is 12.2. The number of nitrogens with zero attached hydrogens (tertiary/aromatic N) is 6. The number of hydrogen-bond donors (Lipinski definition) is 1. The fourth-order valence-electron chi connectivity index (χ4n) is 6.92. The zero-order valence-electron chi connectivity index (χ0n) is 22.1. The maximum absolute atomic E-state index is 12.9. The number of ether oxygens (including phenoxy) is 2. The van der Waals surface area contributed by atoms with Crippen molar-refractivity contribution in [2.45, 2.75) is 50.5 Å². The zero-order valence-corrected chi connectivity index (χ0v) is 22.1. The van der Waals surface area contributed by atoms with Gasteiger partial charge in [-0.1, -0.05) is 37.3 Å². The van der Waals surface area contributed by atoms with E-state index in [1.165, 1.54) is 12.7 Å². The van der Waals surface area contributed by atoms with Crippen molar-refractivity contribution < 1.29 is 14.3 Å². The van der Waals surface area contributed by atoms with E-state index in [1.807, 2.05) is 11.4 Å². The number of esters is 1. The summed E-state index contributed by atoms with van der Waals surface area (Å²) in [7, 11) is 1.41. The molecule has 8 rings (SSSR count). The van der Waals surface area contributed by atoms with Gasteiger partial charge in [0.2, 0.25) is 0 Å². The summed E-state index contributed by atoms with van der Waals surface area (Å²) in [5.74, 6) is 1.03. The number of fused-ring (bicyclic) bond motifs is 2. The van der Waals surface area contributed by atoms with Crippen molar-refractivity contribution in [1.29, 1.82) is 0 Å². The van der Waals surface area contributed by atoms with Crippen molar-refractivity contribution in [1.82, 2.24) is 29.8 Å². The smallest absolute Gasteiger partial charge is 0.315 e. The second kappa shape index (κ2) is 7.86. The molecule has 1 aliphatic carbocycles. The van der Waals surface area contributed by atoms with Crippen molar-refractivity contribution in [2.75, 3.05) is 31.7 Å². The number of aromatic amines is 1. The molecule has 10 nitrogen and oxygen atoms in total. The molecular weight excluding hydrogens is 482 g/mol. The Kier molecular flexibility index (Phi) is 4.83. The summed E-state index contributed by atoms with van der Waals surface area (Å²) >= 11 is 0.